The van der Waals surface area contributed by atoms with Crippen LogP contribution >= 0.6 is 7.72 Å². The van der Waals surface area contributed by atoms with Gasteiger partial charge >= 0.3 is 0 Å². The molecule has 73 valence electrons. The molecule has 0 aromatic rings. The van der Waals surface area contributed by atoms with Crippen molar-refractivity contribution in [2.75, 3.05) is 18.9 Å². The summed E-state index contributed by atoms with van der Waals surface area (Å²) in [5, 5.41) is 8.97. The molecule has 12 heavy (non-hydrogen) atoms. The summed E-state index contributed by atoms with van der Waals surface area (Å²) in [7, 11) is -2.09. The highest BCUT2D eigenvalue weighted by molar-refractivity contribution is 7.65. The lowest BCUT2D eigenvalue weighted by Gasteiger charge is -2.25. The van der Waals surface area contributed by atoms with Gasteiger partial charge in [-0.15, -0.1) is 0 Å². The minimum absolute atomic E-state index is 0.275. The van der Waals surface area contributed by atoms with E-state index in [0.29, 0.717) is 5.92 Å². The van der Waals surface area contributed by atoms with Crippen LogP contribution in [0.3, 0.4) is 0 Å². The molecule has 1 heterocycles. The molecule has 1 saturated heterocycles. The van der Waals surface area contributed by atoms with Gasteiger partial charge in [0.15, 0.2) is 0 Å². The third kappa shape index (κ3) is 2.98. The summed E-state index contributed by atoms with van der Waals surface area (Å²) in [6, 6.07) is 0. The molecule has 0 aromatic carbocycles. The predicted molar refractivity (Wildman–Crippen MR) is 50.3 cm³/mol. The van der Waals surface area contributed by atoms with Crippen molar-refractivity contribution in [3.05, 3.63) is 0 Å². The van der Waals surface area contributed by atoms with Crippen molar-refractivity contribution in [3.8, 4) is 0 Å². The molecule has 0 aromatic heterocycles. The Labute approximate surface area is 74.2 Å². The molecular formula is C8H18O3P. The first-order valence-corrected chi connectivity index (χ1v) is 6.47. The highest BCUT2D eigenvalue weighted by Crippen LogP contribution is 2.62. The Hall–Kier alpha value is 0.310. The van der Waals surface area contributed by atoms with E-state index in [-0.39, 0.29) is 6.61 Å². The number of rotatable bonds is 3. The quantitative estimate of drug-likeness (QED) is 0.663. The SMILES string of the molecule is CC(O)CO[P]1(O)CCC(C)C1. The van der Waals surface area contributed by atoms with Gasteiger partial charge in [-0.2, -0.15) is 0 Å². The Bertz CT molecular complexity index is 151. The molecule has 3 unspecified atom stereocenters. The van der Waals surface area contributed by atoms with Crippen LogP contribution in [0.15, 0.2) is 0 Å². The summed E-state index contributed by atoms with van der Waals surface area (Å²) in [6.07, 6.45) is 2.20. The van der Waals surface area contributed by atoms with Crippen molar-refractivity contribution in [3.63, 3.8) is 0 Å². The first-order chi connectivity index (χ1) is 5.52. The van der Waals surface area contributed by atoms with Crippen LogP contribution in [0.25, 0.3) is 0 Å². The maximum Gasteiger partial charge on any atom is 0.0992 e. The third-order valence-corrected chi connectivity index (χ3v) is 4.90. The Balaban J connectivity index is 2.30. The smallest absolute Gasteiger partial charge is 0.0992 e. The van der Waals surface area contributed by atoms with Gasteiger partial charge in [0.1, 0.15) is 0 Å². The first kappa shape index (κ1) is 10.4. The molecule has 1 aliphatic heterocycles. The Morgan fingerprint density at radius 1 is 1.67 bits per heavy atom. The molecule has 1 fully saturated rings. The highest BCUT2D eigenvalue weighted by Gasteiger charge is 2.34. The van der Waals surface area contributed by atoms with E-state index < -0.39 is 13.8 Å². The Kier molecular flexibility index (Phi) is 3.47. The van der Waals surface area contributed by atoms with Crippen molar-refractivity contribution in [1.29, 1.82) is 0 Å². The summed E-state index contributed by atoms with van der Waals surface area (Å²) in [4.78, 5) is 9.89. The second-order valence-corrected chi connectivity index (χ2v) is 6.55. The van der Waals surface area contributed by atoms with E-state index in [4.69, 9.17) is 9.63 Å². The van der Waals surface area contributed by atoms with Crippen molar-refractivity contribution in [2.45, 2.75) is 26.4 Å². The fourth-order valence-electron chi connectivity index (χ4n) is 1.46. The summed E-state index contributed by atoms with van der Waals surface area (Å²) in [6.45, 7) is 4.08. The van der Waals surface area contributed by atoms with E-state index in [1.165, 1.54) is 0 Å². The van der Waals surface area contributed by atoms with E-state index in [2.05, 4.69) is 6.92 Å². The molecule has 3 atom stereocenters. The van der Waals surface area contributed by atoms with Crippen LogP contribution < -0.4 is 0 Å². The largest absolute Gasteiger partial charge is 0.391 e. The monoisotopic (exact) mass is 193 g/mol. The number of hydrogen-bond acceptors (Lipinski definition) is 3. The number of aliphatic hydroxyl groups excluding tert-OH is 1. The van der Waals surface area contributed by atoms with E-state index in [1.807, 2.05) is 0 Å². The van der Waals surface area contributed by atoms with Crippen molar-refractivity contribution in [2.24, 2.45) is 5.92 Å². The minimum atomic E-state index is -2.09. The second kappa shape index (κ2) is 4.01. The average Bonchev–Trinajstić information content (AvgIpc) is 2.29. The molecule has 1 rings (SSSR count). The maximum absolute atomic E-state index is 9.89. The second-order valence-electron chi connectivity index (χ2n) is 3.79. The molecule has 3 nitrogen and oxygen atoms in total. The van der Waals surface area contributed by atoms with Gasteiger partial charge in [-0.1, -0.05) is 6.92 Å². The van der Waals surface area contributed by atoms with E-state index >= 15 is 0 Å². The van der Waals surface area contributed by atoms with Crippen molar-refractivity contribution >= 4 is 7.72 Å². The van der Waals surface area contributed by atoms with Crippen LogP contribution in [0.2, 0.25) is 0 Å². The summed E-state index contributed by atoms with van der Waals surface area (Å²) >= 11 is 0. The predicted octanol–water partition coefficient (Wildman–Crippen LogP) is 1.26. The average molecular weight is 193 g/mol. The zero-order valence-corrected chi connectivity index (χ0v) is 8.63. The number of hydrogen-bond donors (Lipinski definition) is 2. The molecule has 0 saturated carbocycles. The van der Waals surface area contributed by atoms with Crippen LogP contribution in [0.1, 0.15) is 20.3 Å². The molecular weight excluding hydrogens is 175 g/mol. The normalized spacial score (nSPS) is 38.5. The summed E-state index contributed by atoms with van der Waals surface area (Å²) < 4.78 is 5.34. The third-order valence-electron chi connectivity index (χ3n) is 2.12. The molecule has 0 bridgehead atoms. The van der Waals surface area contributed by atoms with Gasteiger partial charge in [0.2, 0.25) is 0 Å². The molecule has 2 N–H and O–H groups in total. The van der Waals surface area contributed by atoms with Crippen LogP contribution in [-0.2, 0) is 4.52 Å². The highest BCUT2D eigenvalue weighted by atomic mass is 31.2. The summed E-state index contributed by atoms with van der Waals surface area (Å²) in [5.74, 6) is 0.581. The lowest BCUT2D eigenvalue weighted by Crippen LogP contribution is -2.12. The molecule has 0 amide bonds. The van der Waals surface area contributed by atoms with Crippen LogP contribution in [0, 0.1) is 5.92 Å². The van der Waals surface area contributed by atoms with Crippen molar-refractivity contribution in [1.82, 2.24) is 0 Å². The first-order valence-electron chi connectivity index (χ1n) is 4.44. The number of aliphatic hydroxyl groups is 1. The van der Waals surface area contributed by atoms with Gasteiger partial charge in [0.25, 0.3) is 0 Å². The van der Waals surface area contributed by atoms with Gasteiger partial charge in [-0.05, 0) is 19.3 Å². The van der Waals surface area contributed by atoms with Gasteiger partial charge in [-0.3, -0.25) is 0 Å². The zero-order chi connectivity index (χ0) is 9.19. The van der Waals surface area contributed by atoms with Crippen LogP contribution in [0.5, 0.6) is 0 Å². The topological polar surface area (TPSA) is 49.7 Å². The Morgan fingerprint density at radius 2 is 2.33 bits per heavy atom. The maximum atomic E-state index is 9.89. The fourth-order valence-corrected chi connectivity index (χ4v) is 4.37. The molecule has 0 aliphatic carbocycles. The minimum Gasteiger partial charge on any atom is -0.391 e. The van der Waals surface area contributed by atoms with Gasteiger partial charge in [0.05, 0.1) is 20.4 Å². The lowest BCUT2D eigenvalue weighted by molar-refractivity contribution is 0.119. The van der Waals surface area contributed by atoms with E-state index in [9.17, 15) is 4.89 Å². The van der Waals surface area contributed by atoms with Gasteiger partial charge < -0.3 is 14.5 Å². The zero-order valence-electron chi connectivity index (χ0n) is 7.73. The molecule has 0 spiro atoms. The fraction of sp³-hybridized carbons (Fsp3) is 1.00. The summed E-state index contributed by atoms with van der Waals surface area (Å²) in [5.41, 5.74) is 0. The van der Waals surface area contributed by atoms with Crippen LogP contribution in [-0.4, -0.2) is 35.0 Å². The van der Waals surface area contributed by atoms with Crippen molar-refractivity contribution < 1.29 is 14.5 Å². The molecule has 4 heteroatoms. The van der Waals surface area contributed by atoms with Gasteiger partial charge in [-0.25, -0.2) is 0 Å². The lowest BCUT2D eigenvalue weighted by atomic mass is 10.2. The van der Waals surface area contributed by atoms with E-state index in [1.54, 1.807) is 6.92 Å². The van der Waals surface area contributed by atoms with E-state index in [0.717, 1.165) is 18.7 Å². The molecule has 1 aliphatic rings. The van der Waals surface area contributed by atoms with Crippen LogP contribution in [0.4, 0.5) is 0 Å². The molecule has 1 radical (unpaired) electrons. The van der Waals surface area contributed by atoms with Gasteiger partial charge in [0, 0.05) is 12.3 Å². The standard InChI is InChI=1S/C8H18O3P/c1-7-3-4-12(10,6-7)11-5-8(2)9/h7-10H,3-6H2,1-2H3. The Morgan fingerprint density at radius 3 is 2.75 bits per heavy atom.